The van der Waals surface area contributed by atoms with Crippen LogP contribution in [0, 0.1) is 6.92 Å². The molecule has 3 heterocycles. The third-order valence-corrected chi connectivity index (χ3v) is 6.07. The summed E-state index contributed by atoms with van der Waals surface area (Å²) >= 11 is 0. The Morgan fingerprint density at radius 1 is 1.10 bits per heavy atom. The van der Waals surface area contributed by atoms with E-state index in [4.69, 9.17) is 0 Å². The minimum atomic E-state index is -3.42. The van der Waals surface area contributed by atoms with Crippen LogP contribution in [0.2, 0.25) is 0 Å². The first kappa shape index (κ1) is 19.8. The van der Waals surface area contributed by atoms with Crippen LogP contribution in [0.25, 0.3) is 11.0 Å². The van der Waals surface area contributed by atoms with Crippen LogP contribution in [0.5, 0.6) is 0 Å². The maximum Gasteiger partial charge on any atom is 0.233 e. The summed E-state index contributed by atoms with van der Waals surface area (Å²) < 4.78 is 27.1. The summed E-state index contributed by atoms with van der Waals surface area (Å²) in [6.07, 6.45) is 6.42. The second-order valence-corrected chi connectivity index (χ2v) is 9.09. The molecule has 0 radical (unpaired) electrons. The van der Waals surface area contributed by atoms with Crippen LogP contribution in [0.3, 0.4) is 0 Å². The Bertz CT molecular complexity index is 1320. The van der Waals surface area contributed by atoms with Gasteiger partial charge >= 0.3 is 0 Å². The van der Waals surface area contributed by atoms with Gasteiger partial charge in [0.1, 0.15) is 11.5 Å². The summed E-state index contributed by atoms with van der Waals surface area (Å²) in [6, 6.07) is 13.5. The number of pyridine rings is 1. The molecule has 0 fully saturated rings. The molecule has 0 aliphatic heterocycles. The van der Waals surface area contributed by atoms with Crippen molar-refractivity contribution < 1.29 is 8.42 Å². The highest BCUT2D eigenvalue weighted by molar-refractivity contribution is 7.92. The van der Waals surface area contributed by atoms with Crippen molar-refractivity contribution in [1.29, 1.82) is 0 Å². The van der Waals surface area contributed by atoms with Gasteiger partial charge in [0, 0.05) is 42.3 Å². The van der Waals surface area contributed by atoms with Crippen molar-refractivity contribution in [1.82, 2.24) is 19.5 Å². The van der Waals surface area contributed by atoms with E-state index in [0.717, 1.165) is 34.1 Å². The van der Waals surface area contributed by atoms with Crippen LogP contribution >= 0.6 is 0 Å². The molecule has 1 N–H and O–H groups in total. The quantitative estimate of drug-likeness (QED) is 0.512. The van der Waals surface area contributed by atoms with Gasteiger partial charge in [0.05, 0.1) is 12.8 Å². The molecule has 8 nitrogen and oxygen atoms in total. The SMILES string of the molecule is Cc1ccccc1Nc1ncc2ccn(Cc3cccnc3N(C)S(C)(=O)=O)c2n1. The number of sulfonamides is 1. The molecule has 0 saturated heterocycles. The van der Waals surface area contributed by atoms with Gasteiger partial charge in [-0.2, -0.15) is 4.98 Å². The largest absolute Gasteiger partial charge is 0.328 e. The Hall–Kier alpha value is -3.46. The summed E-state index contributed by atoms with van der Waals surface area (Å²) in [5, 5.41) is 4.15. The van der Waals surface area contributed by atoms with Gasteiger partial charge < -0.3 is 9.88 Å². The Labute approximate surface area is 175 Å². The van der Waals surface area contributed by atoms with E-state index in [2.05, 4.69) is 20.3 Å². The monoisotopic (exact) mass is 422 g/mol. The summed E-state index contributed by atoms with van der Waals surface area (Å²) in [4.78, 5) is 13.4. The fraction of sp³-hybridized carbons (Fsp3) is 0.190. The lowest BCUT2D eigenvalue weighted by molar-refractivity contribution is 0.599. The first-order valence-corrected chi connectivity index (χ1v) is 11.2. The van der Waals surface area contributed by atoms with Crippen molar-refractivity contribution in [2.45, 2.75) is 13.5 Å². The van der Waals surface area contributed by atoms with E-state index in [1.807, 2.05) is 54.1 Å². The molecule has 0 unspecified atom stereocenters. The fourth-order valence-corrected chi connectivity index (χ4v) is 3.65. The molecule has 9 heteroatoms. The van der Waals surface area contributed by atoms with Crippen LogP contribution < -0.4 is 9.62 Å². The number of fused-ring (bicyclic) bond motifs is 1. The zero-order chi connectivity index (χ0) is 21.3. The Morgan fingerprint density at radius 3 is 2.67 bits per heavy atom. The number of benzene rings is 1. The van der Waals surface area contributed by atoms with Crippen LogP contribution in [-0.2, 0) is 16.6 Å². The number of nitrogens with zero attached hydrogens (tertiary/aromatic N) is 5. The van der Waals surface area contributed by atoms with E-state index in [1.54, 1.807) is 18.5 Å². The molecule has 0 aliphatic rings. The molecular formula is C21H22N6O2S. The van der Waals surface area contributed by atoms with Gasteiger partial charge in [-0.15, -0.1) is 0 Å². The van der Waals surface area contributed by atoms with E-state index in [0.29, 0.717) is 18.3 Å². The normalized spacial score (nSPS) is 11.6. The molecule has 154 valence electrons. The zero-order valence-corrected chi connectivity index (χ0v) is 17.8. The molecule has 1 aromatic carbocycles. The maximum atomic E-state index is 12.0. The van der Waals surface area contributed by atoms with E-state index in [9.17, 15) is 8.42 Å². The summed E-state index contributed by atoms with van der Waals surface area (Å²) in [7, 11) is -1.92. The smallest absolute Gasteiger partial charge is 0.233 e. The number of nitrogens with one attached hydrogen (secondary N) is 1. The van der Waals surface area contributed by atoms with E-state index < -0.39 is 10.0 Å². The first-order valence-electron chi connectivity index (χ1n) is 9.35. The van der Waals surface area contributed by atoms with Gasteiger partial charge in [-0.25, -0.2) is 18.4 Å². The Kier molecular flexibility index (Phi) is 5.13. The lowest BCUT2D eigenvalue weighted by atomic mass is 10.2. The highest BCUT2D eigenvalue weighted by atomic mass is 32.2. The molecule has 0 saturated carbocycles. The number of anilines is 3. The summed E-state index contributed by atoms with van der Waals surface area (Å²) in [5.41, 5.74) is 3.56. The molecule has 0 aliphatic carbocycles. The minimum absolute atomic E-state index is 0.397. The molecule has 3 aromatic heterocycles. The zero-order valence-electron chi connectivity index (χ0n) is 16.9. The van der Waals surface area contributed by atoms with Crippen LogP contribution in [0.1, 0.15) is 11.1 Å². The molecule has 4 aromatic rings. The predicted octanol–water partition coefficient (Wildman–Crippen LogP) is 3.32. The van der Waals surface area contributed by atoms with E-state index in [1.165, 1.54) is 11.4 Å². The first-order chi connectivity index (χ1) is 14.3. The van der Waals surface area contributed by atoms with E-state index in [-0.39, 0.29) is 0 Å². The van der Waals surface area contributed by atoms with Gasteiger partial charge in [-0.3, -0.25) is 4.31 Å². The lowest BCUT2D eigenvalue weighted by Crippen LogP contribution is -2.27. The third kappa shape index (κ3) is 3.97. The molecule has 4 rings (SSSR count). The maximum absolute atomic E-state index is 12.0. The lowest BCUT2D eigenvalue weighted by Gasteiger charge is -2.19. The van der Waals surface area contributed by atoms with Gasteiger partial charge in [0.25, 0.3) is 0 Å². The number of rotatable bonds is 6. The number of hydrogen-bond donors (Lipinski definition) is 1. The van der Waals surface area contributed by atoms with Crippen LogP contribution in [0.15, 0.2) is 61.1 Å². The van der Waals surface area contributed by atoms with Gasteiger partial charge in [-0.05, 0) is 30.7 Å². The molecule has 0 spiro atoms. The van der Waals surface area contributed by atoms with Crippen LogP contribution in [0.4, 0.5) is 17.5 Å². The highest BCUT2D eigenvalue weighted by Crippen LogP contribution is 2.23. The second kappa shape index (κ2) is 7.75. The number of aromatic nitrogens is 4. The molecule has 30 heavy (non-hydrogen) atoms. The minimum Gasteiger partial charge on any atom is -0.328 e. The van der Waals surface area contributed by atoms with Crippen molar-refractivity contribution in [2.24, 2.45) is 0 Å². The number of para-hydroxylation sites is 1. The molecular weight excluding hydrogens is 400 g/mol. The average molecular weight is 423 g/mol. The van der Waals surface area contributed by atoms with Gasteiger partial charge in [-0.1, -0.05) is 24.3 Å². The average Bonchev–Trinajstić information content (AvgIpc) is 3.11. The summed E-state index contributed by atoms with van der Waals surface area (Å²) in [6.45, 7) is 2.44. The fourth-order valence-electron chi connectivity index (χ4n) is 3.17. The van der Waals surface area contributed by atoms with Gasteiger partial charge in [0.2, 0.25) is 16.0 Å². The Balaban J connectivity index is 1.69. The van der Waals surface area contributed by atoms with Crippen LogP contribution in [-0.4, -0.2) is 41.2 Å². The Morgan fingerprint density at radius 2 is 1.90 bits per heavy atom. The van der Waals surface area contributed by atoms with Crippen molar-refractivity contribution >= 4 is 38.5 Å². The highest BCUT2D eigenvalue weighted by Gasteiger charge is 2.18. The van der Waals surface area contributed by atoms with Crippen molar-refractivity contribution in [3.05, 3.63) is 72.2 Å². The molecule has 0 amide bonds. The number of aryl methyl sites for hydroxylation is 1. The van der Waals surface area contributed by atoms with Gasteiger partial charge in [0.15, 0.2) is 0 Å². The predicted molar refractivity (Wildman–Crippen MR) is 119 cm³/mol. The summed E-state index contributed by atoms with van der Waals surface area (Å²) in [5.74, 6) is 0.894. The standard InChI is InChI=1S/C21H22N6O2S/c1-15-7-4-5-9-18(15)24-21-23-13-16-10-12-27(20(16)25-21)14-17-8-6-11-22-19(17)26(2)30(3,28)29/h4-13H,14H2,1-3H3,(H,23,24,25). The second-order valence-electron chi connectivity index (χ2n) is 7.07. The molecule has 0 atom stereocenters. The topological polar surface area (TPSA) is 93.0 Å². The van der Waals surface area contributed by atoms with Crippen molar-refractivity contribution in [2.75, 3.05) is 22.9 Å². The van der Waals surface area contributed by atoms with Crippen molar-refractivity contribution in [3.8, 4) is 0 Å². The van der Waals surface area contributed by atoms with Crippen molar-refractivity contribution in [3.63, 3.8) is 0 Å². The molecule has 0 bridgehead atoms. The number of hydrogen-bond acceptors (Lipinski definition) is 6. The van der Waals surface area contributed by atoms with E-state index >= 15 is 0 Å². The third-order valence-electron chi connectivity index (χ3n) is 4.90.